The summed E-state index contributed by atoms with van der Waals surface area (Å²) in [7, 11) is 0. The summed E-state index contributed by atoms with van der Waals surface area (Å²) in [4.78, 5) is 61.6. The largest absolute Gasteiger partial charge is 0.463 e. The van der Waals surface area contributed by atoms with E-state index in [1.165, 1.54) is 85.5 Å². The molecule has 2 aliphatic rings. The van der Waals surface area contributed by atoms with E-state index in [2.05, 4.69) is 12.2 Å². The third-order valence-corrected chi connectivity index (χ3v) is 9.40. The number of esters is 4. The van der Waals surface area contributed by atoms with Crippen LogP contribution in [0.3, 0.4) is 0 Å². The Kier molecular flexibility index (Phi) is 21.4. The molecule has 8 atom stereocenters. The van der Waals surface area contributed by atoms with E-state index in [0.29, 0.717) is 0 Å². The van der Waals surface area contributed by atoms with Gasteiger partial charge < -0.3 is 43.2 Å². The van der Waals surface area contributed by atoms with Crippen molar-refractivity contribution >= 4 is 30.0 Å². The van der Waals surface area contributed by atoms with Crippen LogP contribution in [-0.2, 0) is 57.1 Å². The molecule has 14 heteroatoms. The molecule has 56 heavy (non-hydrogen) atoms. The van der Waals surface area contributed by atoms with Crippen molar-refractivity contribution in [1.29, 1.82) is 0 Å². The number of carbonyl (C=O) groups is 5. The maximum absolute atomic E-state index is 13.2. The normalized spacial score (nSPS) is 25.3. The Morgan fingerprint density at radius 1 is 0.679 bits per heavy atom. The minimum atomic E-state index is -1.28. The average molecular weight is 798 g/mol. The number of rotatable bonds is 23. The summed E-state index contributed by atoms with van der Waals surface area (Å²) >= 11 is 0. The molecule has 0 saturated carbocycles. The molecule has 2 saturated heterocycles. The molecule has 0 aromatic heterocycles. The Balaban J connectivity index is 2.27. The van der Waals surface area contributed by atoms with Gasteiger partial charge in [0.15, 0.2) is 24.1 Å². The first-order valence-corrected chi connectivity index (χ1v) is 20.6. The lowest BCUT2D eigenvalue weighted by Crippen LogP contribution is -2.62. The molecular formula is C42H71NO13. The zero-order valence-corrected chi connectivity index (χ0v) is 35.7. The summed E-state index contributed by atoms with van der Waals surface area (Å²) in [5.41, 5.74) is -0.756. The Bertz CT molecular complexity index is 1260. The van der Waals surface area contributed by atoms with E-state index in [-0.39, 0.29) is 19.1 Å². The number of hydrogen-bond donors (Lipinski definition) is 1. The lowest BCUT2D eigenvalue weighted by Gasteiger charge is -2.44. The molecule has 0 spiro atoms. The highest BCUT2D eigenvalue weighted by Gasteiger charge is 2.52. The van der Waals surface area contributed by atoms with Gasteiger partial charge in [-0.05, 0) is 47.5 Å². The quantitative estimate of drug-likeness (QED) is 0.0465. The molecule has 2 rings (SSSR count). The standard InChI is InChI=1S/C42H71NO13/c1-11-12-13-14-15-16-17-18-19-20-21-22-25-34-36(55-42(9,10)54-34)32(43-40(48)56-41(6,7)8)24-23-26-33-37(50-29(3)45)39(52-31(5)47)38(51-30(4)46)35(53-33)27-49-28(2)44/h23-24,32-39H,11-22,25-27H2,1-10H3,(H,43,48)/b24-23-/t32-,33+,34+,35+,36-,37-,38-,39+/m0/s1. The lowest BCUT2D eigenvalue weighted by atomic mass is 9.92. The Labute approximate surface area is 334 Å². The van der Waals surface area contributed by atoms with Gasteiger partial charge in [-0.1, -0.05) is 96.1 Å². The number of ether oxygens (including phenoxy) is 8. The molecule has 2 aliphatic heterocycles. The van der Waals surface area contributed by atoms with E-state index >= 15 is 0 Å². The van der Waals surface area contributed by atoms with Crippen LogP contribution in [0.1, 0.15) is 159 Å². The van der Waals surface area contributed by atoms with E-state index in [1.54, 1.807) is 32.9 Å². The maximum Gasteiger partial charge on any atom is 0.408 e. The zero-order valence-electron chi connectivity index (χ0n) is 35.7. The van der Waals surface area contributed by atoms with Crippen LogP contribution in [0.2, 0.25) is 0 Å². The highest BCUT2D eigenvalue weighted by atomic mass is 16.8. The van der Waals surface area contributed by atoms with Crippen LogP contribution in [0.5, 0.6) is 0 Å². The van der Waals surface area contributed by atoms with Gasteiger partial charge in [0.25, 0.3) is 0 Å². The van der Waals surface area contributed by atoms with Gasteiger partial charge in [0.1, 0.15) is 30.5 Å². The average Bonchev–Trinajstić information content (AvgIpc) is 3.38. The molecule has 2 fully saturated rings. The fourth-order valence-corrected chi connectivity index (χ4v) is 7.13. The number of alkyl carbamates (subject to hydrolysis) is 1. The van der Waals surface area contributed by atoms with Crippen LogP contribution in [0.4, 0.5) is 4.79 Å². The van der Waals surface area contributed by atoms with Crippen molar-refractivity contribution in [2.45, 2.75) is 219 Å². The molecular weight excluding hydrogens is 726 g/mol. The summed E-state index contributed by atoms with van der Waals surface area (Å²) in [5, 5.41) is 2.95. The van der Waals surface area contributed by atoms with E-state index in [4.69, 9.17) is 37.9 Å². The second-order valence-corrected chi connectivity index (χ2v) is 16.4. The van der Waals surface area contributed by atoms with Gasteiger partial charge in [-0.15, -0.1) is 0 Å². The van der Waals surface area contributed by atoms with Crippen LogP contribution in [-0.4, -0.2) is 96.7 Å². The van der Waals surface area contributed by atoms with Gasteiger partial charge in [0, 0.05) is 27.7 Å². The van der Waals surface area contributed by atoms with Crippen molar-refractivity contribution in [3.05, 3.63) is 12.2 Å². The number of carbonyl (C=O) groups excluding carboxylic acids is 5. The van der Waals surface area contributed by atoms with E-state index < -0.39 is 84.0 Å². The van der Waals surface area contributed by atoms with Crippen LogP contribution < -0.4 is 5.32 Å². The molecule has 0 unspecified atom stereocenters. The number of unbranched alkanes of at least 4 members (excludes halogenated alkanes) is 11. The molecule has 14 nitrogen and oxygen atoms in total. The second kappa shape index (κ2) is 24.5. The smallest absolute Gasteiger partial charge is 0.408 e. The second-order valence-electron chi connectivity index (χ2n) is 16.4. The molecule has 0 aliphatic carbocycles. The van der Waals surface area contributed by atoms with Crippen LogP contribution in [0.25, 0.3) is 0 Å². The van der Waals surface area contributed by atoms with Crippen LogP contribution in [0, 0.1) is 0 Å². The van der Waals surface area contributed by atoms with Crippen LogP contribution in [0.15, 0.2) is 12.2 Å². The predicted octanol–water partition coefficient (Wildman–Crippen LogP) is 7.56. The summed E-state index contributed by atoms with van der Waals surface area (Å²) in [5.74, 6) is -3.62. The minimum absolute atomic E-state index is 0.0753. The van der Waals surface area contributed by atoms with Gasteiger partial charge in [0.2, 0.25) is 0 Å². The first-order chi connectivity index (χ1) is 26.3. The molecule has 1 N–H and O–H groups in total. The fourth-order valence-electron chi connectivity index (χ4n) is 7.13. The summed E-state index contributed by atoms with van der Waals surface area (Å²) in [6, 6.07) is -0.709. The van der Waals surface area contributed by atoms with Gasteiger partial charge in [-0.25, -0.2) is 4.79 Å². The summed E-state index contributed by atoms with van der Waals surface area (Å²) in [6.07, 6.45) is 11.8. The Morgan fingerprint density at radius 2 is 1.18 bits per heavy atom. The van der Waals surface area contributed by atoms with Gasteiger partial charge in [-0.3, -0.25) is 19.2 Å². The van der Waals surface area contributed by atoms with Gasteiger partial charge in [0.05, 0.1) is 12.1 Å². The molecule has 1 amide bonds. The SMILES string of the molecule is CCCCCCCCCCCCCC[C@H]1OC(C)(C)O[C@H]1[C@H](/C=C\C[C@H]1O[C@H](COC(C)=O)[C@H](OC(C)=O)[C@H](OC(C)=O)[C@H]1OC(C)=O)NC(=O)OC(C)(C)C. The van der Waals surface area contributed by atoms with Crippen molar-refractivity contribution in [1.82, 2.24) is 5.32 Å². The third kappa shape index (κ3) is 19.3. The first-order valence-electron chi connectivity index (χ1n) is 20.6. The van der Waals surface area contributed by atoms with Crippen LogP contribution >= 0.6 is 0 Å². The first kappa shape index (κ1) is 48.9. The highest BCUT2D eigenvalue weighted by molar-refractivity contribution is 5.69. The van der Waals surface area contributed by atoms with E-state index in [1.807, 2.05) is 13.8 Å². The molecule has 0 radical (unpaired) electrons. The number of amides is 1. The van der Waals surface area contributed by atoms with Gasteiger partial charge >= 0.3 is 30.0 Å². The molecule has 0 aromatic rings. The Hall–Kier alpha value is -3.23. The van der Waals surface area contributed by atoms with Crippen molar-refractivity contribution in [2.24, 2.45) is 0 Å². The van der Waals surface area contributed by atoms with Crippen molar-refractivity contribution in [3.8, 4) is 0 Å². The van der Waals surface area contributed by atoms with Crippen molar-refractivity contribution in [3.63, 3.8) is 0 Å². The fraction of sp³-hybridized carbons (Fsp3) is 0.833. The minimum Gasteiger partial charge on any atom is -0.463 e. The molecule has 0 aromatic carbocycles. The van der Waals surface area contributed by atoms with Crippen molar-refractivity contribution in [2.75, 3.05) is 6.61 Å². The summed E-state index contributed by atoms with van der Waals surface area (Å²) < 4.78 is 46.6. The van der Waals surface area contributed by atoms with Crippen molar-refractivity contribution < 1.29 is 61.9 Å². The van der Waals surface area contributed by atoms with Gasteiger partial charge in [-0.2, -0.15) is 0 Å². The number of nitrogens with one attached hydrogen (secondary N) is 1. The lowest BCUT2D eigenvalue weighted by molar-refractivity contribution is -0.251. The maximum atomic E-state index is 13.2. The molecule has 322 valence electrons. The molecule has 2 heterocycles. The van der Waals surface area contributed by atoms with E-state index in [0.717, 1.165) is 25.7 Å². The zero-order chi connectivity index (χ0) is 41.9. The predicted molar refractivity (Wildman–Crippen MR) is 208 cm³/mol. The highest BCUT2D eigenvalue weighted by Crippen LogP contribution is 2.35. The molecule has 0 bridgehead atoms. The summed E-state index contributed by atoms with van der Waals surface area (Å²) in [6.45, 7) is 15.7. The Morgan fingerprint density at radius 3 is 1.68 bits per heavy atom. The monoisotopic (exact) mass is 797 g/mol. The topological polar surface area (TPSA) is 171 Å². The van der Waals surface area contributed by atoms with E-state index in [9.17, 15) is 24.0 Å². The number of hydrogen-bond acceptors (Lipinski definition) is 13. The third-order valence-electron chi connectivity index (χ3n) is 9.40.